The van der Waals surface area contributed by atoms with Crippen LogP contribution in [0.2, 0.25) is 0 Å². The van der Waals surface area contributed by atoms with E-state index in [0.29, 0.717) is 18.8 Å². The van der Waals surface area contributed by atoms with Gasteiger partial charge >= 0.3 is 5.97 Å². The molecule has 92 valence electrons. The Morgan fingerprint density at radius 2 is 2.24 bits per heavy atom. The van der Waals surface area contributed by atoms with Crippen LogP contribution in [0.15, 0.2) is 23.1 Å². The predicted molar refractivity (Wildman–Crippen MR) is 58.5 cm³/mol. The maximum atomic E-state index is 11.8. The first-order chi connectivity index (χ1) is 8.00. The van der Waals surface area contributed by atoms with Gasteiger partial charge in [-0.1, -0.05) is 12.1 Å². The minimum absolute atomic E-state index is 0.00579. The Morgan fingerprint density at radius 3 is 2.94 bits per heavy atom. The lowest BCUT2D eigenvalue weighted by atomic mass is 10.2. The summed E-state index contributed by atoms with van der Waals surface area (Å²) in [4.78, 5) is 10.3. The highest BCUT2D eigenvalue weighted by molar-refractivity contribution is 7.89. The molecule has 0 atom stereocenters. The zero-order chi connectivity index (χ0) is 12.5. The smallest absolute Gasteiger partial charge is 0.318 e. The Hall–Kier alpha value is -1.60. The van der Waals surface area contributed by atoms with Crippen LogP contribution in [0.4, 0.5) is 0 Å². The largest absolute Gasteiger partial charge is 0.492 e. The molecule has 2 N–H and O–H groups in total. The number of hydrogen-bond acceptors (Lipinski definition) is 4. The summed E-state index contributed by atoms with van der Waals surface area (Å²) in [6, 6.07) is 4.80. The second-order valence-electron chi connectivity index (χ2n) is 3.56. The summed E-state index contributed by atoms with van der Waals surface area (Å²) < 4.78 is 30.9. The molecule has 6 nitrogen and oxygen atoms in total. The molecule has 0 saturated carbocycles. The van der Waals surface area contributed by atoms with Crippen molar-refractivity contribution in [3.8, 4) is 5.75 Å². The van der Waals surface area contributed by atoms with E-state index >= 15 is 0 Å². The summed E-state index contributed by atoms with van der Waals surface area (Å²) in [7, 11) is -3.84. The van der Waals surface area contributed by atoms with E-state index in [4.69, 9.17) is 9.84 Å². The summed E-state index contributed by atoms with van der Waals surface area (Å²) in [5, 5.41) is 8.46. The fraction of sp³-hybridized carbons (Fsp3) is 0.300. The lowest BCUT2D eigenvalue weighted by Crippen LogP contribution is -2.29. The van der Waals surface area contributed by atoms with E-state index in [1.54, 1.807) is 12.1 Å². The van der Waals surface area contributed by atoms with Crippen molar-refractivity contribution >= 4 is 16.0 Å². The van der Waals surface area contributed by atoms with Crippen molar-refractivity contribution in [3.05, 3.63) is 23.8 Å². The first-order valence-corrected chi connectivity index (χ1v) is 6.45. The summed E-state index contributed by atoms with van der Waals surface area (Å²) >= 11 is 0. The van der Waals surface area contributed by atoms with Gasteiger partial charge in [0, 0.05) is 6.42 Å². The molecule has 1 aliphatic rings. The second-order valence-corrected chi connectivity index (χ2v) is 5.30. The summed E-state index contributed by atoms with van der Waals surface area (Å²) in [6.07, 6.45) is 0.664. The summed E-state index contributed by atoms with van der Waals surface area (Å²) in [6.45, 7) is -0.202. The Bertz CT molecular complexity index is 552. The maximum absolute atomic E-state index is 11.8. The molecular formula is C10H11NO5S. The number of ether oxygens (including phenoxy) is 1. The Kier molecular flexibility index (Phi) is 3.03. The number of carbonyl (C=O) groups is 1. The first kappa shape index (κ1) is 11.9. The molecule has 7 heteroatoms. The van der Waals surface area contributed by atoms with Crippen LogP contribution in [0.1, 0.15) is 5.56 Å². The molecule has 0 radical (unpaired) electrons. The zero-order valence-corrected chi connectivity index (χ0v) is 9.66. The number of carboxylic acid groups (broad SMARTS) is 1. The average Bonchev–Trinajstić information content (AvgIpc) is 2.74. The number of carboxylic acids is 1. The van der Waals surface area contributed by atoms with Crippen LogP contribution in [0.3, 0.4) is 0 Å². The van der Waals surface area contributed by atoms with Crippen molar-refractivity contribution in [1.82, 2.24) is 4.72 Å². The second kappa shape index (κ2) is 4.34. The van der Waals surface area contributed by atoms with E-state index in [1.165, 1.54) is 6.07 Å². The normalized spacial score (nSPS) is 14.1. The maximum Gasteiger partial charge on any atom is 0.318 e. The average molecular weight is 257 g/mol. The third kappa shape index (κ3) is 2.40. The fourth-order valence-corrected chi connectivity index (χ4v) is 2.79. The van der Waals surface area contributed by atoms with Crippen molar-refractivity contribution in [1.29, 1.82) is 0 Å². The molecule has 1 aromatic carbocycles. The lowest BCUT2D eigenvalue weighted by molar-refractivity contribution is -0.135. The van der Waals surface area contributed by atoms with E-state index in [9.17, 15) is 13.2 Å². The molecular weight excluding hydrogens is 246 g/mol. The molecule has 1 heterocycles. The molecule has 0 saturated heterocycles. The van der Waals surface area contributed by atoms with Gasteiger partial charge in [0.25, 0.3) is 0 Å². The minimum atomic E-state index is -3.84. The molecule has 2 rings (SSSR count). The number of rotatable bonds is 4. The molecule has 0 spiro atoms. The van der Waals surface area contributed by atoms with Crippen LogP contribution in [0, 0.1) is 0 Å². The third-order valence-electron chi connectivity index (χ3n) is 2.38. The van der Waals surface area contributed by atoms with Gasteiger partial charge in [-0.25, -0.2) is 8.42 Å². The van der Waals surface area contributed by atoms with Crippen molar-refractivity contribution in [3.63, 3.8) is 0 Å². The van der Waals surface area contributed by atoms with Gasteiger partial charge in [0.1, 0.15) is 17.2 Å². The Labute approximate surface area is 98.3 Å². The molecule has 17 heavy (non-hydrogen) atoms. The van der Waals surface area contributed by atoms with E-state index in [0.717, 1.165) is 5.56 Å². The van der Waals surface area contributed by atoms with Gasteiger partial charge in [0.2, 0.25) is 10.0 Å². The zero-order valence-electron chi connectivity index (χ0n) is 8.84. The van der Waals surface area contributed by atoms with E-state index < -0.39 is 22.5 Å². The van der Waals surface area contributed by atoms with E-state index in [1.807, 2.05) is 4.72 Å². The van der Waals surface area contributed by atoms with Crippen LogP contribution >= 0.6 is 0 Å². The third-order valence-corrected chi connectivity index (χ3v) is 3.81. The number of aliphatic carboxylic acids is 1. The van der Waals surface area contributed by atoms with Crippen molar-refractivity contribution in [2.24, 2.45) is 0 Å². The first-order valence-electron chi connectivity index (χ1n) is 4.97. The summed E-state index contributed by atoms with van der Waals surface area (Å²) in [5.74, 6) is -0.910. The van der Waals surface area contributed by atoms with Gasteiger partial charge in [-0.05, 0) is 11.6 Å². The monoisotopic (exact) mass is 257 g/mol. The Morgan fingerprint density at radius 1 is 1.47 bits per heavy atom. The predicted octanol–water partition coefficient (Wildman–Crippen LogP) is -0.0156. The number of benzene rings is 1. The highest BCUT2D eigenvalue weighted by Gasteiger charge is 2.25. The van der Waals surface area contributed by atoms with Crippen molar-refractivity contribution < 1.29 is 23.1 Å². The van der Waals surface area contributed by atoms with Gasteiger partial charge in [-0.3, -0.25) is 4.79 Å². The van der Waals surface area contributed by atoms with Gasteiger partial charge in [0.15, 0.2) is 0 Å². The number of nitrogens with one attached hydrogen (secondary N) is 1. The van der Waals surface area contributed by atoms with E-state index in [2.05, 4.69) is 0 Å². The Balaban J connectivity index is 2.34. The van der Waals surface area contributed by atoms with Crippen molar-refractivity contribution in [2.75, 3.05) is 13.2 Å². The number of hydrogen-bond donors (Lipinski definition) is 2. The van der Waals surface area contributed by atoms with Gasteiger partial charge in [0.05, 0.1) is 6.61 Å². The molecule has 0 bridgehead atoms. The quantitative estimate of drug-likeness (QED) is 0.791. The molecule has 0 amide bonds. The molecule has 0 aromatic heterocycles. The van der Waals surface area contributed by atoms with E-state index in [-0.39, 0.29) is 4.90 Å². The fourth-order valence-electron chi connectivity index (χ4n) is 1.63. The van der Waals surface area contributed by atoms with Crippen LogP contribution in [-0.4, -0.2) is 32.6 Å². The highest BCUT2D eigenvalue weighted by Crippen LogP contribution is 2.32. The van der Waals surface area contributed by atoms with Gasteiger partial charge in [-0.15, -0.1) is 0 Å². The number of sulfonamides is 1. The standard InChI is InChI=1S/C10H11NO5S/c12-9(13)6-11-17(14,15)8-3-1-2-7-4-5-16-10(7)8/h1-3,11H,4-6H2,(H,12,13). The van der Waals surface area contributed by atoms with Crippen LogP contribution in [-0.2, 0) is 21.2 Å². The SMILES string of the molecule is O=C(O)CNS(=O)(=O)c1cccc2c1OCC2. The van der Waals surface area contributed by atoms with Crippen LogP contribution < -0.4 is 9.46 Å². The molecule has 0 aliphatic carbocycles. The highest BCUT2D eigenvalue weighted by atomic mass is 32.2. The van der Waals surface area contributed by atoms with Crippen LogP contribution in [0.5, 0.6) is 5.75 Å². The van der Waals surface area contributed by atoms with Crippen LogP contribution in [0.25, 0.3) is 0 Å². The number of fused-ring (bicyclic) bond motifs is 1. The minimum Gasteiger partial charge on any atom is -0.492 e. The van der Waals surface area contributed by atoms with Gasteiger partial charge < -0.3 is 9.84 Å². The molecule has 1 aromatic rings. The van der Waals surface area contributed by atoms with Crippen molar-refractivity contribution in [2.45, 2.75) is 11.3 Å². The lowest BCUT2D eigenvalue weighted by Gasteiger charge is -2.08. The molecule has 1 aliphatic heterocycles. The topological polar surface area (TPSA) is 92.7 Å². The molecule has 0 fully saturated rings. The number of para-hydroxylation sites is 1. The summed E-state index contributed by atoms with van der Waals surface area (Å²) in [5.41, 5.74) is 0.822. The van der Waals surface area contributed by atoms with Gasteiger partial charge in [-0.2, -0.15) is 4.72 Å². The molecule has 0 unspecified atom stereocenters.